The van der Waals surface area contributed by atoms with E-state index in [0.29, 0.717) is 29.3 Å². The van der Waals surface area contributed by atoms with Crippen molar-refractivity contribution in [2.24, 2.45) is 0 Å². The van der Waals surface area contributed by atoms with Crippen molar-refractivity contribution in [3.8, 4) is 5.75 Å². The third kappa shape index (κ3) is 6.16. The summed E-state index contributed by atoms with van der Waals surface area (Å²) in [6.07, 6.45) is 0.682. The van der Waals surface area contributed by atoms with E-state index >= 15 is 0 Å². The zero-order valence-electron chi connectivity index (χ0n) is 24.5. The Bertz CT molecular complexity index is 1470. The molecule has 1 fully saturated rings. The number of carbonyl (C=O) groups is 2. The average Bonchev–Trinajstić information content (AvgIpc) is 2.95. The third-order valence-electron chi connectivity index (χ3n) is 8.26. The number of nitrogens with one attached hydrogen (secondary N) is 1. The lowest BCUT2D eigenvalue weighted by atomic mass is 9.65. The van der Waals surface area contributed by atoms with Gasteiger partial charge in [-0.05, 0) is 73.9 Å². The second kappa shape index (κ2) is 12.3. The monoisotopic (exact) mass is 609 g/mol. The molecule has 0 radical (unpaired) electrons. The first kappa shape index (κ1) is 30.4. The zero-order chi connectivity index (χ0) is 30.1. The Balaban J connectivity index is 1.44. The highest BCUT2D eigenvalue weighted by atomic mass is 35.5. The molecule has 1 N–H and O–H groups in total. The SMILES string of the molecule is CC(=O)N1c2ccc(NC(=O)c3cccc(Cl)c3Cl)cc2C(C)(c2ccc(OCCN3CCOCC3)cc2)CC1(C)C. The Morgan fingerprint density at radius 1 is 1.00 bits per heavy atom. The van der Waals surface area contributed by atoms with Gasteiger partial charge < -0.3 is 19.7 Å². The standard InChI is InChI=1S/C33H37Cl2N3O4/c1-22(39)38-29-13-10-24(36-31(40)26-6-5-7-28(34)30(26)35)20-27(29)33(4,21-32(38,2)3)23-8-11-25(12-9-23)42-19-16-37-14-17-41-18-15-37/h5-13,20H,14-19,21H2,1-4H3,(H,36,40). The number of nitrogens with zero attached hydrogens (tertiary/aromatic N) is 2. The van der Waals surface area contributed by atoms with Gasteiger partial charge >= 0.3 is 0 Å². The van der Waals surface area contributed by atoms with Crippen LogP contribution in [0.25, 0.3) is 0 Å². The first-order valence-electron chi connectivity index (χ1n) is 14.2. The van der Waals surface area contributed by atoms with Gasteiger partial charge in [0.25, 0.3) is 5.91 Å². The topological polar surface area (TPSA) is 71.1 Å². The molecule has 2 aliphatic rings. The van der Waals surface area contributed by atoms with Crippen LogP contribution in [-0.4, -0.2) is 61.7 Å². The number of ether oxygens (including phenoxy) is 2. The van der Waals surface area contributed by atoms with Crippen LogP contribution in [0.1, 0.15) is 55.6 Å². The lowest BCUT2D eigenvalue weighted by Gasteiger charge is -2.51. The molecule has 0 aromatic heterocycles. The van der Waals surface area contributed by atoms with Crippen LogP contribution in [0.5, 0.6) is 5.75 Å². The molecule has 9 heteroatoms. The van der Waals surface area contributed by atoms with Crippen molar-refractivity contribution < 1.29 is 19.1 Å². The lowest BCUT2D eigenvalue weighted by Crippen LogP contribution is -2.55. The van der Waals surface area contributed by atoms with E-state index in [0.717, 1.165) is 55.4 Å². The van der Waals surface area contributed by atoms with Gasteiger partial charge in [-0.15, -0.1) is 0 Å². The van der Waals surface area contributed by atoms with Crippen LogP contribution in [0.15, 0.2) is 60.7 Å². The summed E-state index contributed by atoms with van der Waals surface area (Å²) in [7, 11) is 0. The van der Waals surface area contributed by atoms with Crippen LogP contribution in [-0.2, 0) is 14.9 Å². The summed E-state index contributed by atoms with van der Waals surface area (Å²) in [6.45, 7) is 12.8. The summed E-state index contributed by atoms with van der Waals surface area (Å²) in [6, 6.07) is 18.9. The van der Waals surface area contributed by atoms with Crippen molar-refractivity contribution in [1.29, 1.82) is 0 Å². The van der Waals surface area contributed by atoms with E-state index in [2.05, 4.69) is 43.1 Å². The van der Waals surface area contributed by atoms with Crippen molar-refractivity contribution in [3.63, 3.8) is 0 Å². The summed E-state index contributed by atoms with van der Waals surface area (Å²) >= 11 is 12.5. The minimum absolute atomic E-state index is 0.0326. The molecule has 1 unspecified atom stereocenters. The first-order chi connectivity index (χ1) is 20.0. The minimum Gasteiger partial charge on any atom is -0.492 e. The fraction of sp³-hybridized carbons (Fsp3) is 0.394. The van der Waals surface area contributed by atoms with Crippen LogP contribution < -0.4 is 15.0 Å². The van der Waals surface area contributed by atoms with Gasteiger partial charge in [-0.2, -0.15) is 0 Å². The van der Waals surface area contributed by atoms with Gasteiger partial charge in [0.1, 0.15) is 12.4 Å². The van der Waals surface area contributed by atoms with Gasteiger partial charge in [0.05, 0.1) is 28.8 Å². The first-order valence-corrected chi connectivity index (χ1v) is 15.0. The molecular weight excluding hydrogens is 573 g/mol. The number of benzene rings is 3. The lowest BCUT2D eigenvalue weighted by molar-refractivity contribution is -0.117. The van der Waals surface area contributed by atoms with Crippen molar-refractivity contribution in [3.05, 3.63) is 87.4 Å². The molecule has 2 aliphatic heterocycles. The maximum absolute atomic E-state index is 13.1. The smallest absolute Gasteiger partial charge is 0.257 e. The number of hydrogen-bond acceptors (Lipinski definition) is 5. The molecular formula is C33H37Cl2N3O4. The van der Waals surface area contributed by atoms with Gasteiger partial charge in [0, 0.05) is 48.9 Å². The molecule has 5 rings (SSSR count). The van der Waals surface area contributed by atoms with Crippen LogP contribution in [0.2, 0.25) is 10.0 Å². The van der Waals surface area contributed by atoms with Crippen LogP contribution >= 0.6 is 23.2 Å². The molecule has 1 atom stereocenters. The fourth-order valence-corrected chi connectivity index (χ4v) is 6.77. The quantitative estimate of drug-likeness (QED) is 0.319. The normalized spacial score (nSPS) is 20.1. The van der Waals surface area contributed by atoms with E-state index in [1.165, 1.54) is 0 Å². The van der Waals surface area contributed by atoms with Crippen molar-refractivity contribution in [2.75, 3.05) is 49.7 Å². The third-order valence-corrected chi connectivity index (χ3v) is 9.08. The fourth-order valence-electron chi connectivity index (χ4n) is 6.38. The maximum Gasteiger partial charge on any atom is 0.257 e. The Morgan fingerprint density at radius 2 is 1.71 bits per heavy atom. The number of rotatable bonds is 7. The molecule has 7 nitrogen and oxygen atoms in total. The number of carbonyl (C=O) groups excluding carboxylic acids is 2. The zero-order valence-corrected chi connectivity index (χ0v) is 26.0. The van der Waals surface area contributed by atoms with Crippen molar-refractivity contribution in [2.45, 2.75) is 45.1 Å². The number of halogens is 2. The maximum atomic E-state index is 13.1. The summed E-state index contributed by atoms with van der Waals surface area (Å²) < 4.78 is 11.5. The number of fused-ring (bicyclic) bond motifs is 1. The molecule has 0 bridgehead atoms. The predicted octanol–water partition coefficient (Wildman–Crippen LogP) is 6.80. The highest BCUT2D eigenvalue weighted by molar-refractivity contribution is 6.44. The molecule has 1 saturated heterocycles. The van der Waals surface area contributed by atoms with E-state index in [4.69, 9.17) is 32.7 Å². The van der Waals surface area contributed by atoms with Gasteiger partial charge in [0.2, 0.25) is 5.91 Å². The summed E-state index contributed by atoms with van der Waals surface area (Å²) in [5.41, 5.74) is 2.87. The molecule has 3 aromatic carbocycles. The second-order valence-corrected chi connectivity index (χ2v) is 12.6. The Hall–Kier alpha value is -3.10. The summed E-state index contributed by atoms with van der Waals surface area (Å²) in [5, 5.41) is 3.49. The summed E-state index contributed by atoms with van der Waals surface area (Å²) in [4.78, 5) is 30.2. The van der Waals surface area contributed by atoms with Gasteiger partial charge in [0.15, 0.2) is 0 Å². The number of hydrogen-bond donors (Lipinski definition) is 1. The average molecular weight is 611 g/mol. The number of anilines is 2. The number of morpholine rings is 1. The number of amides is 2. The van der Waals surface area contributed by atoms with E-state index in [-0.39, 0.29) is 16.8 Å². The van der Waals surface area contributed by atoms with E-state index in [1.807, 2.05) is 35.2 Å². The second-order valence-electron chi connectivity index (χ2n) is 11.8. The van der Waals surface area contributed by atoms with Crippen LogP contribution in [0, 0.1) is 0 Å². The molecule has 3 aromatic rings. The van der Waals surface area contributed by atoms with Gasteiger partial charge in [-0.1, -0.05) is 48.3 Å². The molecule has 0 spiro atoms. The molecule has 42 heavy (non-hydrogen) atoms. The highest BCUT2D eigenvalue weighted by Gasteiger charge is 2.47. The molecule has 222 valence electrons. The summed E-state index contributed by atoms with van der Waals surface area (Å²) in [5.74, 6) is 0.424. The van der Waals surface area contributed by atoms with E-state index < -0.39 is 11.0 Å². The van der Waals surface area contributed by atoms with E-state index in [1.54, 1.807) is 25.1 Å². The van der Waals surface area contributed by atoms with Gasteiger partial charge in [-0.3, -0.25) is 14.5 Å². The Kier molecular flexibility index (Phi) is 8.86. The Labute approximate surface area is 257 Å². The van der Waals surface area contributed by atoms with Crippen LogP contribution in [0.3, 0.4) is 0 Å². The Morgan fingerprint density at radius 3 is 2.40 bits per heavy atom. The molecule has 0 aliphatic carbocycles. The largest absolute Gasteiger partial charge is 0.492 e. The van der Waals surface area contributed by atoms with Gasteiger partial charge in [-0.25, -0.2) is 0 Å². The van der Waals surface area contributed by atoms with Crippen LogP contribution in [0.4, 0.5) is 11.4 Å². The van der Waals surface area contributed by atoms with Crippen molar-refractivity contribution >= 4 is 46.4 Å². The molecule has 2 heterocycles. The molecule has 0 saturated carbocycles. The van der Waals surface area contributed by atoms with Crippen molar-refractivity contribution in [1.82, 2.24) is 4.90 Å². The highest BCUT2D eigenvalue weighted by Crippen LogP contribution is 2.51. The molecule has 2 amide bonds. The predicted molar refractivity (Wildman–Crippen MR) is 168 cm³/mol. The van der Waals surface area contributed by atoms with E-state index in [9.17, 15) is 9.59 Å². The minimum atomic E-state index is -0.453.